The maximum absolute atomic E-state index is 6.11. The Hall–Kier alpha value is -0.770. The van der Waals surface area contributed by atoms with Crippen LogP contribution >= 0.6 is 11.6 Å². The zero-order valence-corrected chi connectivity index (χ0v) is 13.6. The van der Waals surface area contributed by atoms with Gasteiger partial charge in [-0.3, -0.25) is 0 Å². The molecule has 0 spiro atoms. The Balaban J connectivity index is 2.33. The summed E-state index contributed by atoms with van der Waals surface area (Å²) in [7, 11) is 3.64. The summed E-state index contributed by atoms with van der Waals surface area (Å²) in [6.07, 6.45) is 0.527. The Bertz CT molecular complexity index is 466. The average molecular weight is 298 g/mol. The van der Waals surface area contributed by atoms with Gasteiger partial charge in [0.1, 0.15) is 5.75 Å². The van der Waals surface area contributed by atoms with E-state index in [4.69, 9.17) is 21.1 Å². The van der Waals surface area contributed by atoms with Gasteiger partial charge in [-0.15, -0.1) is 0 Å². The van der Waals surface area contributed by atoms with Crippen LogP contribution in [0, 0.1) is 11.8 Å². The van der Waals surface area contributed by atoms with Crippen LogP contribution < -0.4 is 10.1 Å². The van der Waals surface area contributed by atoms with E-state index in [2.05, 4.69) is 32.2 Å². The normalized spacial score (nSPS) is 31.3. The average Bonchev–Trinajstić information content (AvgIpc) is 2.68. The Morgan fingerprint density at radius 3 is 2.45 bits per heavy atom. The van der Waals surface area contributed by atoms with Crippen LogP contribution in [-0.4, -0.2) is 26.4 Å². The molecule has 5 unspecified atom stereocenters. The SMILES string of the molecule is CNC(c1ccc(Cl)c(OC)c1)C1C(C)OC(C)C1C. The Kier molecular flexibility index (Phi) is 4.95. The lowest BCUT2D eigenvalue weighted by Crippen LogP contribution is -2.33. The van der Waals surface area contributed by atoms with Crippen molar-refractivity contribution in [2.75, 3.05) is 14.2 Å². The first-order valence-corrected chi connectivity index (χ1v) is 7.53. The molecule has 1 aliphatic heterocycles. The van der Waals surface area contributed by atoms with Crippen LogP contribution in [0.5, 0.6) is 5.75 Å². The summed E-state index contributed by atoms with van der Waals surface area (Å²) >= 11 is 6.11. The van der Waals surface area contributed by atoms with E-state index in [1.165, 1.54) is 5.56 Å². The van der Waals surface area contributed by atoms with Crippen molar-refractivity contribution >= 4 is 11.6 Å². The Labute approximate surface area is 126 Å². The molecule has 5 atom stereocenters. The van der Waals surface area contributed by atoms with Crippen LogP contribution in [0.3, 0.4) is 0 Å². The molecule has 4 heteroatoms. The fourth-order valence-corrected chi connectivity index (χ4v) is 3.51. The smallest absolute Gasteiger partial charge is 0.137 e. The molecule has 1 saturated heterocycles. The lowest BCUT2D eigenvalue weighted by molar-refractivity contribution is 0.0478. The predicted molar refractivity (Wildman–Crippen MR) is 82.5 cm³/mol. The molecule has 0 aromatic heterocycles. The van der Waals surface area contributed by atoms with E-state index in [-0.39, 0.29) is 12.1 Å². The van der Waals surface area contributed by atoms with Gasteiger partial charge in [0.05, 0.1) is 24.3 Å². The van der Waals surface area contributed by atoms with Crippen LogP contribution in [0.1, 0.15) is 32.4 Å². The van der Waals surface area contributed by atoms with Crippen molar-refractivity contribution in [2.24, 2.45) is 11.8 Å². The molecule has 20 heavy (non-hydrogen) atoms. The summed E-state index contributed by atoms with van der Waals surface area (Å²) in [5, 5.41) is 4.08. The topological polar surface area (TPSA) is 30.5 Å². The van der Waals surface area contributed by atoms with Gasteiger partial charge in [-0.25, -0.2) is 0 Å². The predicted octanol–water partition coefficient (Wildman–Crippen LogP) is 3.67. The molecule has 112 valence electrons. The maximum Gasteiger partial charge on any atom is 0.137 e. The number of halogens is 1. The standard InChI is InChI=1S/C16H24ClNO2/c1-9-10(2)20-11(3)15(9)16(18-4)12-6-7-13(17)14(8-12)19-5/h6-11,15-16,18H,1-5H3. The fraction of sp³-hybridized carbons (Fsp3) is 0.625. The number of benzene rings is 1. The first-order chi connectivity index (χ1) is 9.49. The van der Waals surface area contributed by atoms with Crippen molar-refractivity contribution < 1.29 is 9.47 Å². The summed E-state index contributed by atoms with van der Waals surface area (Å²) in [5.74, 6) is 1.65. The minimum atomic E-state index is 0.233. The van der Waals surface area contributed by atoms with Crippen LogP contribution in [-0.2, 0) is 4.74 Å². The van der Waals surface area contributed by atoms with E-state index in [1.807, 2.05) is 19.2 Å². The van der Waals surface area contributed by atoms with Crippen molar-refractivity contribution in [1.29, 1.82) is 0 Å². The molecule has 0 aliphatic carbocycles. The van der Waals surface area contributed by atoms with E-state index < -0.39 is 0 Å². The molecule has 1 aromatic carbocycles. The molecule has 1 aliphatic rings. The van der Waals surface area contributed by atoms with Crippen molar-refractivity contribution in [3.63, 3.8) is 0 Å². The first kappa shape index (κ1) is 15.6. The molecule has 0 amide bonds. The molecular formula is C16H24ClNO2. The second-order valence-corrected chi connectivity index (χ2v) is 6.05. The summed E-state index contributed by atoms with van der Waals surface area (Å²) in [5.41, 5.74) is 1.19. The number of ether oxygens (including phenoxy) is 2. The summed E-state index contributed by atoms with van der Waals surface area (Å²) in [6, 6.07) is 6.21. The first-order valence-electron chi connectivity index (χ1n) is 7.15. The molecule has 1 N–H and O–H groups in total. The summed E-state index contributed by atoms with van der Waals surface area (Å²) in [6.45, 7) is 6.56. The minimum Gasteiger partial charge on any atom is -0.495 e. The largest absolute Gasteiger partial charge is 0.495 e. The Morgan fingerprint density at radius 2 is 1.95 bits per heavy atom. The fourth-order valence-electron chi connectivity index (χ4n) is 3.32. The molecule has 0 bridgehead atoms. The summed E-state index contributed by atoms with van der Waals surface area (Å²) < 4.78 is 11.3. The molecular weight excluding hydrogens is 274 g/mol. The highest BCUT2D eigenvalue weighted by atomic mass is 35.5. The lowest BCUT2D eigenvalue weighted by atomic mass is 9.80. The van der Waals surface area contributed by atoms with Crippen LogP contribution in [0.4, 0.5) is 0 Å². The van der Waals surface area contributed by atoms with E-state index in [9.17, 15) is 0 Å². The molecule has 0 radical (unpaired) electrons. The van der Waals surface area contributed by atoms with Gasteiger partial charge in [-0.2, -0.15) is 0 Å². The number of hydrogen-bond donors (Lipinski definition) is 1. The second kappa shape index (κ2) is 6.33. The zero-order chi connectivity index (χ0) is 14.9. The quantitative estimate of drug-likeness (QED) is 0.920. The van der Waals surface area contributed by atoms with E-state index in [0.717, 1.165) is 5.75 Å². The third-order valence-corrected chi connectivity index (χ3v) is 4.86. The highest BCUT2D eigenvalue weighted by molar-refractivity contribution is 6.32. The third kappa shape index (κ3) is 2.80. The lowest BCUT2D eigenvalue weighted by Gasteiger charge is -2.29. The highest BCUT2D eigenvalue weighted by Gasteiger charge is 2.41. The van der Waals surface area contributed by atoms with Crippen molar-refractivity contribution in [2.45, 2.75) is 39.0 Å². The van der Waals surface area contributed by atoms with Crippen molar-refractivity contribution in [3.05, 3.63) is 28.8 Å². The van der Waals surface area contributed by atoms with Crippen LogP contribution in [0.2, 0.25) is 5.02 Å². The van der Waals surface area contributed by atoms with Gasteiger partial charge < -0.3 is 14.8 Å². The van der Waals surface area contributed by atoms with Crippen LogP contribution in [0.25, 0.3) is 0 Å². The molecule has 0 saturated carbocycles. The van der Waals surface area contributed by atoms with Crippen molar-refractivity contribution in [1.82, 2.24) is 5.32 Å². The van der Waals surface area contributed by atoms with E-state index in [0.29, 0.717) is 23.0 Å². The summed E-state index contributed by atoms with van der Waals surface area (Å²) in [4.78, 5) is 0. The Morgan fingerprint density at radius 1 is 1.25 bits per heavy atom. The number of methoxy groups -OCH3 is 1. The molecule has 1 aromatic rings. The van der Waals surface area contributed by atoms with Gasteiger partial charge in [0.2, 0.25) is 0 Å². The van der Waals surface area contributed by atoms with Gasteiger partial charge in [0.25, 0.3) is 0 Å². The third-order valence-electron chi connectivity index (χ3n) is 4.55. The molecule has 3 nitrogen and oxygen atoms in total. The van der Waals surface area contributed by atoms with Gasteiger partial charge in [-0.1, -0.05) is 24.6 Å². The van der Waals surface area contributed by atoms with Gasteiger partial charge in [0.15, 0.2) is 0 Å². The minimum absolute atomic E-state index is 0.233. The zero-order valence-electron chi connectivity index (χ0n) is 12.8. The van der Waals surface area contributed by atoms with E-state index in [1.54, 1.807) is 7.11 Å². The van der Waals surface area contributed by atoms with Gasteiger partial charge in [0, 0.05) is 12.0 Å². The second-order valence-electron chi connectivity index (χ2n) is 5.64. The van der Waals surface area contributed by atoms with Crippen LogP contribution in [0.15, 0.2) is 18.2 Å². The molecule has 1 fully saturated rings. The van der Waals surface area contributed by atoms with E-state index >= 15 is 0 Å². The highest BCUT2D eigenvalue weighted by Crippen LogP contribution is 2.41. The number of rotatable bonds is 4. The maximum atomic E-state index is 6.11. The monoisotopic (exact) mass is 297 g/mol. The number of nitrogens with one attached hydrogen (secondary N) is 1. The van der Waals surface area contributed by atoms with Gasteiger partial charge in [-0.05, 0) is 44.5 Å². The molecule has 2 rings (SSSR count). The van der Waals surface area contributed by atoms with Gasteiger partial charge >= 0.3 is 0 Å². The van der Waals surface area contributed by atoms with Crippen molar-refractivity contribution in [3.8, 4) is 5.75 Å². The number of hydrogen-bond acceptors (Lipinski definition) is 3. The molecule has 1 heterocycles.